The lowest BCUT2D eigenvalue weighted by Crippen LogP contribution is -2.35. The molecule has 1 unspecified atom stereocenters. The molecule has 0 aliphatic carbocycles. The molecule has 0 saturated heterocycles. The van der Waals surface area contributed by atoms with Crippen molar-refractivity contribution < 1.29 is 44.1 Å². The fourth-order valence-corrected chi connectivity index (χ4v) is 1.07. The summed E-state index contributed by atoms with van der Waals surface area (Å²) in [4.78, 5) is 0. The van der Waals surface area contributed by atoms with Crippen LogP contribution in [0.2, 0.25) is 0 Å². The number of hydrogen-bond donors (Lipinski definition) is 4. The molecule has 0 bridgehead atoms. The van der Waals surface area contributed by atoms with Crippen molar-refractivity contribution in [2.24, 2.45) is 0 Å². The molecule has 1 atom stereocenters. The summed E-state index contributed by atoms with van der Waals surface area (Å²) >= 11 is 0. The van der Waals surface area contributed by atoms with Crippen LogP contribution >= 0.6 is 0 Å². The van der Waals surface area contributed by atoms with Crippen LogP contribution in [0.5, 0.6) is 0 Å². The Morgan fingerprint density at radius 3 is 1.34 bits per heavy atom. The van der Waals surface area contributed by atoms with Crippen LogP contribution in [-0.4, -0.2) is 79.3 Å². The van der Waals surface area contributed by atoms with Crippen LogP contribution in [0, 0.1) is 35.5 Å². The first-order chi connectivity index (χ1) is 11.8. The molecule has 0 radical (unpaired) electrons. The summed E-state index contributed by atoms with van der Waals surface area (Å²) in [5.41, 5.74) is 0. The second-order valence-electron chi connectivity index (χ2n) is 4.25. The minimum absolute atomic E-state index is 0. The number of methoxy groups -OCH3 is 1. The van der Waals surface area contributed by atoms with Crippen molar-refractivity contribution in [1.29, 1.82) is 0 Å². The first-order valence-electron chi connectivity index (χ1n) is 7.03. The molecule has 4 N–H and O–H groups in total. The zero-order valence-corrected chi connectivity index (χ0v) is 14.1. The lowest BCUT2D eigenvalue weighted by molar-refractivity contribution is -0.464. The van der Waals surface area contributed by atoms with E-state index < -0.39 is 12.1 Å². The zero-order chi connectivity index (χ0) is 19.0. The van der Waals surface area contributed by atoms with Crippen molar-refractivity contribution in [1.82, 2.24) is 0 Å². The maximum atomic E-state index is 9.66. The molecule has 172 valence electrons. The van der Waals surface area contributed by atoms with Crippen molar-refractivity contribution in [3.63, 3.8) is 0 Å². The van der Waals surface area contributed by atoms with Gasteiger partial charge in [0.15, 0.2) is 0 Å². The van der Waals surface area contributed by atoms with Crippen LogP contribution < -0.4 is 0 Å². The second-order valence-corrected chi connectivity index (χ2v) is 4.25. The highest BCUT2D eigenvalue weighted by Gasteiger charge is 2.24. The molecule has 0 aliphatic rings. The quantitative estimate of drug-likeness (QED) is 0.310. The summed E-state index contributed by atoms with van der Waals surface area (Å²) in [5, 5.41) is 36.8. The van der Waals surface area contributed by atoms with Crippen LogP contribution in [-0.2, 0) is 23.7 Å². The first-order valence-corrected chi connectivity index (χ1v) is 7.03. The van der Waals surface area contributed by atoms with E-state index in [4.69, 9.17) is 14.6 Å². The largest absolute Gasteiger partial charge is 0.409 e. The van der Waals surface area contributed by atoms with Crippen molar-refractivity contribution in [2.45, 2.75) is 48.8 Å². The van der Waals surface area contributed by atoms with Gasteiger partial charge in [0, 0.05) is 14.0 Å². The van der Waals surface area contributed by atoms with E-state index in [0.29, 0.717) is 0 Å². The van der Waals surface area contributed by atoms with E-state index in [9.17, 15) is 15.3 Å². The number of aliphatic hydroxyl groups excluding tert-OH is 1. The molecule has 0 aliphatic heterocycles. The predicted octanol–water partition coefficient (Wildman–Crippen LogP) is 0.508. The maximum Gasteiger partial charge on any atom is 0.409 e. The molecular formula is C20H38O9. The topological polar surface area (TPSA) is 127 Å². The van der Waals surface area contributed by atoms with Gasteiger partial charge in [0.25, 0.3) is 5.97 Å². The summed E-state index contributed by atoms with van der Waals surface area (Å²) in [7, 11) is 1.47. The number of rotatable bonds is 9. The van der Waals surface area contributed by atoms with Gasteiger partial charge in [-0.3, -0.25) is 9.47 Å². The van der Waals surface area contributed by atoms with Gasteiger partial charge < -0.3 is 34.6 Å². The van der Waals surface area contributed by atoms with Crippen LogP contribution in [0.3, 0.4) is 0 Å². The Balaban J connectivity index is -0.000000480. The summed E-state index contributed by atoms with van der Waals surface area (Å²) in [5.74, 6) is 12.8. The molecule has 29 heavy (non-hydrogen) atoms. The van der Waals surface area contributed by atoms with E-state index in [1.54, 1.807) is 0 Å². The van der Waals surface area contributed by atoms with E-state index in [0.717, 1.165) is 0 Å². The molecule has 0 saturated carbocycles. The Morgan fingerprint density at radius 1 is 0.621 bits per heavy atom. The molecule has 0 fully saturated rings. The van der Waals surface area contributed by atoms with E-state index in [1.165, 1.54) is 14.0 Å². The first kappa shape index (κ1) is 38.0. The Hall–Kier alpha value is -1.68. The van der Waals surface area contributed by atoms with Crippen LogP contribution in [0.25, 0.3) is 0 Å². The third-order valence-corrected chi connectivity index (χ3v) is 2.16. The van der Waals surface area contributed by atoms with Crippen molar-refractivity contribution >= 4 is 0 Å². The molecule has 0 aromatic carbocycles. The van der Waals surface area contributed by atoms with Gasteiger partial charge in [-0.25, -0.2) is 0 Å². The van der Waals surface area contributed by atoms with Gasteiger partial charge in [-0.2, -0.15) is 0 Å². The normalized spacial score (nSPS) is 11.0. The molecule has 0 spiro atoms. The highest BCUT2D eigenvalue weighted by molar-refractivity contribution is 5.00. The lowest BCUT2D eigenvalue weighted by atomic mass is 10.5. The maximum absolute atomic E-state index is 9.66. The molecule has 9 nitrogen and oxygen atoms in total. The van der Waals surface area contributed by atoms with Crippen molar-refractivity contribution in [3.05, 3.63) is 0 Å². The summed E-state index contributed by atoms with van der Waals surface area (Å²) in [6, 6.07) is 0. The molecule has 0 aromatic heterocycles. The number of ether oxygens (including phenoxy) is 5. The molecule has 0 heterocycles. The summed E-state index contributed by atoms with van der Waals surface area (Å²) < 4.78 is 23.7. The van der Waals surface area contributed by atoms with Crippen LogP contribution in [0.15, 0.2) is 0 Å². The van der Waals surface area contributed by atoms with Gasteiger partial charge in [-0.1, -0.05) is 65.2 Å². The number of aliphatic hydroxyl groups is 4. The fourth-order valence-electron chi connectivity index (χ4n) is 1.07. The minimum Gasteiger partial charge on any atom is -0.384 e. The van der Waals surface area contributed by atoms with E-state index in [1.807, 2.05) is 0 Å². The molecular weight excluding hydrogens is 384 g/mol. The fraction of sp³-hybridized carbons (Fsp3) is 0.700. The molecule has 0 amide bonds. The van der Waals surface area contributed by atoms with E-state index in [2.05, 4.69) is 49.7 Å². The highest BCUT2D eigenvalue weighted by atomic mass is 16.9. The Kier molecular flexibility index (Phi) is 29.6. The van der Waals surface area contributed by atoms with Gasteiger partial charge in [-0.15, -0.1) is 0 Å². The van der Waals surface area contributed by atoms with Gasteiger partial charge >= 0.3 is 6.16 Å². The lowest BCUT2D eigenvalue weighted by Gasteiger charge is -2.21. The standard InChI is InChI=1S/C16H22O9.4CH4/c1-15(18,22-11-4-3-9-17)23-12-7-8-14-25-16(19,20)24-13-6-5-10-21-2;;;;/h17-20H,9-14H2,1-2H3;4*1H4. The highest BCUT2D eigenvalue weighted by Crippen LogP contribution is 2.06. The van der Waals surface area contributed by atoms with Crippen molar-refractivity contribution in [2.75, 3.05) is 46.8 Å². The third-order valence-electron chi connectivity index (χ3n) is 2.16. The van der Waals surface area contributed by atoms with Gasteiger partial charge in [0.05, 0.1) is 0 Å². The smallest absolute Gasteiger partial charge is 0.384 e. The monoisotopic (exact) mass is 422 g/mol. The van der Waals surface area contributed by atoms with Gasteiger partial charge in [0.2, 0.25) is 0 Å². The predicted molar refractivity (Wildman–Crippen MR) is 111 cm³/mol. The Labute approximate surface area is 175 Å². The van der Waals surface area contributed by atoms with Crippen molar-refractivity contribution in [3.8, 4) is 35.5 Å². The average molecular weight is 423 g/mol. The number of hydrogen-bond acceptors (Lipinski definition) is 9. The summed E-state index contributed by atoms with van der Waals surface area (Å²) in [6.07, 6.45) is -2.82. The average Bonchev–Trinajstić information content (AvgIpc) is 2.54. The van der Waals surface area contributed by atoms with E-state index in [-0.39, 0.29) is 69.3 Å². The van der Waals surface area contributed by atoms with Crippen LogP contribution in [0.1, 0.15) is 36.6 Å². The SMILES string of the molecule is C.C.C.C.COCC#CCOC(O)(O)OCC#CCOC(C)(O)OCC#CCO. The third kappa shape index (κ3) is 26.3. The zero-order valence-electron chi connectivity index (χ0n) is 14.1. The second kappa shape index (κ2) is 22.6. The summed E-state index contributed by atoms with van der Waals surface area (Å²) in [6.45, 7) is 0.151. The molecule has 0 rings (SSSR count). The van der Waals surface area contributed by atoms with E-state index >= 15 is 0 Å². The Bertz CT molecular complexity index is 540. The van der Waals surface area contributed by atoms with Crippen LogP contribution in [0.4, 0.5) is 0 Å². The van der Waals surface area contributed by atoms with Gasteiger partial charge in [-0.05, 0) is 0 Å². The Morgan fingerprint density at radius 2 is 0.966 bits per heavy atom. The molecule has 9 heteroatoms. The molecule has 0 aromatic rings. The minimum atomic E-state index is -2.82. The van der Waals surface area contributed by atoms with Gasteiger partial charge in [0.1, 0.15) is 39.6 Å².